The molecule has 44 heavy (non-hydrogen) atoms. The highest BCUT2D eigenvalue weighted by Crippen LogP contribution is 2.38. The van der Waals surface area contributed by atoms with Crippen molar-refractivity contribution < 1.29 is 0 Å². The van der Waals surface area contributed by atoms with Gasteiger partial charge in [0.05, 0.1) is 17.1 Å². The van der Waals surface area contributed by atoms with E-state index in [0.29, 0.717) is 5.92 Å². The number of aromatic nitrogens is 3. The number of benzene rings is 2. The first-order chi connectivity index (χ1) is 20.5. The van der Waals surface area contributed by atoms with Crippen LogP contribution in [-0.4, -0.2) is 15.0 Å². The summed E-state index contributed by atoms with van der Waals surface area (Å²) in [5.41, 5.74) is 8.47. The zero-order chi connectivity index (χ0) is 32.0. The van der Waals surface area contributed by atoms with Crippen molar-refractivity contribution in [1.29, 1.82) is 0 Å². The van der Waals surface area contributed by atoms with Gasteiger partial charge in [-0.1, -0.05) is 125 Å². The van der Waals surface area contributed by atoms with Gasteiger partial charge in [-0.05, 0) is 62.9 Å². The molecule has 228 valence electrons. The van der Waals surface area contributed by atoms with E-state index in [4.69, 9.17) is 15.0 Å². The molecule has 5 aromatic rings. The van der Waals surface area contributed by atoms with Crippen molar-refractivity contribution in [1.82, 2.24) is 15.0 Å². The predicted molar refractivity (Wildman–Crippen MR) is 188 cm³/mol. The maximum atomic E-state index is 5.27. The molecule has 0 aliphatic rings. The van der Waals surface area contributed by atoms with E-state index in [9.17, 15) is 0 Å². The van der Waals surface area contributed by atoms with Crippen LogP contribution in [0.15, 0.2) is 79.0 Å². The third kappa shape index (κ3) is 6.55. The number of pyridine rings is 3. The second kappa shape index (κ2) is 11.5. The zero-order valence-electron chi connectivity index (χ0n) is 28.4. The molecule has 1 N–H and O–H groups in total. The molecule has 0 bridgehead atoms. The fraction of sp³-hybridized carbons (Fsp3) is 0.375. The second-order valence-corrected chi connectivity index (χ2v) is 15.4. The van der Waals surface area contributed by atoms with Crippen LogP contribution in [0.2, 0.25) is 0 Å². The third-order valence-corrected chi connectivity index (χ3v) is 8.37. The van der Waals surface area contributed by atoms with Crippen molar-refractivity contribution in [2.75, 3.05) is 5.32 Å². The molecule has 3 heterocycles. The molecule has 0 spiro atoms. The number of nitrogens with zero attached hydrogens (tertiary/aromatic N) is 3. The van der Waals surface area contributed by atoms with E-state index in [-0.39, 0.29) is 16.2 Å². The summed E-state index contributed by atoms with van der Waals surface area (Å²) in [5.74, 6) is 2.11. The highest BCUT2D eigenvalue weighted by molar-refractivity contribution is 5.94. The summed E-state index contributed by atoms with van der Waals surface area (Å²) >= 11 is 0. The Morgan fingerprint density at radius 2 is 1.23 bits per heavy atom. The largest absolute Gasteiger partial charge is 0.324 e. The number of hydrogen-bond donors (Lipinski definition) is 1. The molecule has 5 rings (SSSR count). The first-order valence-electron chi connectivity index (χ1n) is 15.8. The van der Waals surface area contributed by atoms with Gasteiger partial charge in [-0.15, -0.1) is 0 Å². The fourth-order valence-electron chi connectivity index (χ4n) is 5.63. The van der Waals surface area contributed by atoms with E-state index in [1.54, 1.807) is 0 Å². The highest BCUT2D eigenvalue weighted by Gasteiger charge is 2.25. The quantitative estimate of drug-likeness (QED) is 0.223. The van der Waals surface area contributed by atoms with Gasteiger partial charge < -0.3 is 5.32 Å². The Labute approximate surface area is 264 Å². The molecular formula is C40H48N4. The molecule has 0 saturated heterocycles. The lowest BCUT2D eigenvalue weighted by Gasteiger charge is -2.27. The van der Waals surface area contributed by atoms with Crippen LogP contribution >= 0.6 is 0 Å². The Bertz CT molecular complexity index is 1810. The summed E-state index contributed by atoms with van der Waals surface area (Å²) in [7, 11) is 0. The monoisotopic (exact) mass is 584 g/mol. The second-order valence-electron chi connectivity index (χ2n) is 15.4. The van der Waals surface area contributed by atoms with Gasteiger partial charge in [-0.25, -0.2) is 9.97 Å². The Morgan fingerprint density at radius 3 is 1.82 bits per heavy atom. The Kier molecular flexibility index (Phi) is 8.18. The first-order valence-corrected chi connectivity index (χ1v) is 15.8. The first kappa shape index (κ1) is 31.4. The minimum Gasteiger partial charge on any atom is -0.324 e. The Morgan fingerprint density at radius 1 is 0.614 bits per heavy atom. The molecule has 0 aliphatic heterocycles. The molecule has 4 heteroatoms. The molecule has 0 unspecified atom stereocenters. The van der Waals surface area contributed by atoms with Crippen LogP contribution in [0.3, 0.4) is 0 Å². The van der Waals surface area contributed by atoms with Crippen molar-refractivity contribution in [3.05, 3.63) is 101 Å². The van der Waals surface area contributed by atoms with Crippen molar-refractivity contribution >= 4 is 22.4 Å². The molecule has 0 amide bonds. The number of anilines is 2. The maximum Gasteiger partial charge on any atom is 0.136 e. The summed E-state index contributed by atoms with van der Waals surface area (Å²) in [6, 6.07) is 26.2. The van der Waals surface area contributed by atoms with E-state index in [1.165, 1.54) is 16.5 Å². The van der Waals surface area contributed by atoms with Crippen molar-refractivity contribution in [3.63, 3.8) is 0 Å². The molecule has 0 fully saturated rings. The van der Waals surface area contributed by atoms with Gasteiger partial charge in [-0.2, -0.15) is 0 Å². The van der Waals surface area contributed by atoms with Crippen molar-refractivity contribution in [3.8, 4) is 22.6 Å². The lowest BCUT2D eigenvalue weighted by atomic mass is 9.85. The van der Waals surface area contributed by atoms with E-state index in [2.05, 4.69) is 154 Å². The Hall–Kier alpha value is -4.05. The third-order valence-electron chi connectivity index (χ3n) is 8.37. The maximum absolute atomic E-state index is 5.27. The van der Waals surface area contributed by atoms with E-state index < -0.39 is 0 Å². The van der Waals surface area contributed by atoms with Gasteiger partial charge >= 0.3 is 0 Å². The normalized spacial score (nSPS) is 12.6. The molecular weight excluding hydrogens is 536 g/mol. The molecule has 3 aromatic heterocycles. The van der Waals surface area contributed by atoms with Crippen LogP contribution in [0, 0.1) is 0 Å². The molecule has 0 radical (unpaired) electrons. The Balaban J connectivity index is 1.66. The molecule has 0 atom stereocenters. The van der Waals surface area contributed by atoms with Gasteiger partial charge in [0.2, 0.25) is 0 Å². The smallest absolute Gasteiger partial charge is 0.136 e. The van der Waals surface area contributed by atoms with Crippen LogP contribution < -0.4 is 5.32 Å². The van der Waals surface area contributed by atoms with Gasteiger partial charge in [0.1, 0.15) is 11.6 Å². The highest BCUT2D eigenvalue weighted by atomic mass is 15.1. The number of rotatable bonds is 5. The van der Waals surface area contributed by atoms with Gasteiger partial charge in [-0.3, -0.25) is 4.98 Å². The lowest BCUT2D eigenvalue weighted by molar-refractivity contribution is 0.586. The van der Waals surface area contributed by atoms with Crippen LogP contribution in [0.25, 0.3) is 33.4 Å². The minimum atomic E-state index is -0.132. The number of hydrogen-bond acceptors (Lipinski definition) is 4. The number of fused-ring (bicyclic) bond motifs is 1. The standard InChI is InChI=1S/C40H48N4/c1-25(2)26-15-16-30-27(23-26)21-22-41-35(30)34-20-18-32(40(9,10)11)37(43-34)44-36-31(39(6,7)8)17-19-33(42-36)28-13-12-14-29(24-28)38(3,4)5/h12-25H,1-11H3,(H,42,43,44). The minimum absolute atomic E-state index is 0.0560. The van der Waals surface area contributed by atoms with Gasteiger partial charge in [0, 0.05) is 28.3 Å². The topological polar surface area (TPSA) is 50.7 Å². The molecule has 0 saturated carbocycles. The molecule has 0 aliphatic carbocycles. The summed E-state index contributed by atoms with van der Waals surface area (Å²) in [4.78, 5) is 15.4. The van der Waals surface area contributed by atoms with Crippen molar-refractivity contribution in [2.24, 2.45) is 0 Å². The van der Waals surface area contributed by atoms with Gasteiger partial charge in [0.15, 0.2) is 0 Å². The van der Waals surface area contributed by atoms with Crippen LogP contribution in [-0.2, 0) is 16.2 Å². The molecule has 4 nitrogen and oxygen atoms in total. The molecule has 2 aromatic carbocycles. The van der Waals surface area contributed by atoms with E-state index in [1.807, 2.05) is 6.20 Å². The van der Waals surface area contributed by atoms with Crippen LogP contribution in [0.1, 0.15) is 104 Å². The van der Waals surface area contributed by atoms with Crippen LogP contribution in [0.4, 0.5) is 11.6 Å². The SMILES string of the molecule is CC(C)c1ccc2c(-c3ccc(C(C)(C)C)c(Nc4nc(-c5cccc(C(C)(C)C)c5)ccc4C(C)(C)C)n3)nccc2c1. The van der Waals surface area contributed by atoms with E-state index in [0.717, 1.165) is 50.8 Å². The zero-order valence-corrected chi connectivity index (χ0v) is 28.4. The summed E-state index contributed by atoms with van der Waals surface area (Å²) in [6.07, 6.45) is 1.89. The van der Waals surface area contributed by atoms with Crippen LogP contribution in [0.5, 0.6) is 0 Å². The number of nitrogens with one attached hydrogen (secondary N) is 1. The lowest BCUT2D eigenvalue weighted by Crippen LogP contribution is -2.18. The van der Waals surface area contributed by atoms with Crippen molar-refractivity contribution in [2.45, 2.75) is 98.3 Å². The average Bonchev–Trinajstić information content (AvgIpc) is 2.95. The summed E-state index contributed by atoms with van der Waals surface area (Å²) < 4.78 is 0. The predicted octanol–water partition coefficient (Wildman–Crippen LogP) is 11.1. The average molecular weight is 585 g/mol. The fourth-order valence-corrected chi connectivity index (χ4v) is 5.63. The van der Waals surface area contributed by atoms with Gasteiger partial charge in [0.25, 0.3) is 0 Å². The van der Waals surface area contributed by atoms with E-state index >= 15 is 0 Å². The summed E-state index contributed by atoms with van der Waals surface area (Å²) in [5, 5.41) is 6.03. The summed E-state index contributed by atoms with van der Waals surface area (Å²) in [6.45, 7) is 24.6.